The third kappa shape index (κ3) is 5.54. The van der Waals surface area contributed by atoms with Crippen LogP contribution in [0.2, 0.25) is 0 Å². The number of phosphoric ester groups is 1. The Kier molecular flexibility index (Phi) is 10.5. The Morgan fingerprint density at radius 2 is 0.676 bits per heavy atom. The summed E-state index contributed by atoms with van der Waals surface area (Å²) in [4.78, 5) is 40.6. The van der Waals surface area contributed by atoms with E-state index in [9.17, 15) is 44.0 Å². The molecule has 7 N–H and O–H groups in total. The summed E-state index contributed by atoms with van der Waals surface area (Å²) in [5.74, 6) is 59.7. The smallest absolute Gasteiger partial charge is 0.396 e. The molecule has 4 unspecified atom stereocenters. The van der Waals surface area contributed by atoms with Crippen molar-refractivity contribution in [3.8, 4) is 0 Å². The zero-order valence-electron chi connectivity index (χ0n) is 58.0. The van der Waals surface area contributed by atoms with Gasteiger partial charge in [-0.2, -0.15) is 12.6 Å². The molecule has 20 heteroatoms. The van der Waals surface area contributed by atoms with Gasteiger partial charge in [-0.15, -0.1) is 0 Å². The number of likely N-dealkylation sites (tertiary alicyclic amines) is 2. The van der Waals surface area contributed by atoms with Crippen LogP contribution in [-0.2, 0) is 36.8 Å². The number of aliphatic hydroxyl groups excluding tert-OH is 4. The van der Waals surface area contributed by atoms with E-state index in [0.717, 1.165) is 155 Å². The summed E-state index contributed by atoms with van der Waals surface area (Å²) in [6, 6.07) is -1.22. The van der Waals surface area contributed by atoms with Crippen molar-refractivity contribution in [1.29, 1.82) is 0 Å². The maximum absolute atomic E-state index is 14.1. The van der Waals surface area contributed by atoms with Crippen molar-refractivity contribution in [1.82, 2.24) is 9.80 Å². The Bertz CT molecular complexity index is 4060. The molecular formula is C82H105N3O13P2S2. The Morgan fingerprint density at radius 1 is 0.382 bits per heavy atom. The van der Waals surface area contributed by atoms with Crippen LogP contribution in [0.3, 0.4) is 0 Å². The lowest BCUT2D eigenvalue weighted by atomic mass is 9.02. The van der Waals surface area contributed by atoms with E-state index in [1.807, 2.05) is 0 Å². The second-order valence-electron chi connectivity index (χ2n) is 44.3. The van der Waals surface area contributed by atoms with Crippen LogP contribution in [0.1, 0.15) is 51.4 Å². The fraction of sp³-hybridized carbons (Fsp3) is 0.976. The molecule has 0 aromatic heterocycles. The number of nitrogens with zero attached hydrogens (tertiary/aromatic N) is 2. The summed E-state index contributed by atoms with van der Waals surface area (Å²) < 4.78 is 50.7. The second-order valence-corrected chi connectivity index (χ2v) is 49.1. The number of amides is 2. The monoisotopic (exact) mass is 1470 g/mol. The molecule has 2 heterocycles. The summed E-state index contributed by atoms with van der Waals surface area (Å²) in [6.07, 6.45) is 1.32. The van der Waals surface area contributed by atoms with Crippen LogP contribution in [-0.4, -0.2) is 135 Å². The molecule has 31 rings (SSSR count). The van der Waals surface area contributed by atoms with Crippen molar-refractivity contribution in [2.75, 3.05) is 51.8 Å². The van der Waals surface area contributed by atoms with Gasteiger partial charge in [-0.05, 0) is 376 Å². The number of carbonyl (C=O) groups excluding carboxylic acids is 2. The standard InChI is InChI=1S/C82H105N3O13P2S2/c83-7-3-1-2-5-23(88)85-12-20(98-99(92,93)95-14-17-9-19(87)11-84(17)24(89)6-4-8-101)10-18(85)15-96-100(94,102)97-16-22-26-28-30-32-34-36-38-40-42-44-46-48-50-52-53-51(54(52)56(50)58(48)60(46)62(44)64(42)66(40)68(38)70(36)72(34)74(32)76(30)78(28)80(26)82(22)91)49-47-45-43-41-39-37-35-33-31-29-27-25-21(13-86)81(90)79(25)77(27)75(29)73(31)71(33)69(35)67(37)65(39)63(41)61(43)59(45)57(47)55(49)53/h17-22,25-82,86-87,90-91,101H,1-16,83H2,(H,92,93)(H,94,102)/t17-,18-,19+,20?,21+,22+,25+,26+,27+,28+,29+,30+,31+,32+,33+,34+,35+,36+,37+,38+,39+,40+,41+,42+,43+,44+,45+,46+,47+,48+,49+,50+,51-,52+,53+,54-,55+,56+,57+,58+,59+,60+,61+,62+,63+,64+,65+,66+,67+,68+,69?,70+,71+,72+,73+,74+,75+,76+,77+,78+,79+,80+,81+,82+,100?/m0/s1. The van der Waals surface area contributed by atoms with Crippen LogP contribution in [0.15, 0.2) is 0 Å². The molecule has 2 saturated heterocycles. The van der Waals surface area contributed by atoms with E-state index in [4.69, 9.17) is 23.8 Å². The van der Waals surface area contributed by atoms with E-state index in [1.54, 1.807) is 4.90 Å². The highest BCUT2D eigenvalue weighted by atomic mass is 32.7. The van der Waals surface area contributed by atoms with Gasteiger partial charge in [0, 0.05) is 44.4 Å². The highest BCUT2D eigenvalue weighted by Crippen LogP contribution is 3.04. The fourth-order valence-corrected chi connectivity index (χ4v) is 47.3. The number of rotatable bonds is 20. The molecule has 0 aromatic carbocycles. The molecule has 102 heavy (non-hydrogen) atoms. The Labute approximate surface area is 608 Å². The topological polar surface area (TPSA) is 239 Å². The lowest BCUT2D eigenvalue weighted by molar-refractivity contribution is -0.556. The summed E-state index contributed by atoms with van der Waals surface area (Å²) >= 11 is 8.67. The predicted molar refractivity (Wildman–Crippen MR) is 368 cm³/mol. The quantitative estimate of drug-likeness (QED) is 0.0261. The number of hydrogen-bond acceptors (Lipinski definition) is 14. The Morgan fingerprint density at radius 3 is 1.03 bits per heavy atom. The minimum absolute atomic E-state index is 0.00545. The first-order valence-corrected chi connectivity index (χ1v) is 48.4. The minimum atomic E-state index is -4.68. The third-order valence-corrected chi connectivity index (χ3v) is 48.9. The number of thiol groups is 2. The molecule has 29 saturated carbocycles. The largest absolute Gasteiger partial charge is 0.472 e. The van der Waals surface area contributed by atoms with Gasteiger partial charge in [-0.3, -0.25) is 23.2 Å². The first-order valence-electron chi connectivity index (χ1n) is 43.5. The van der Waals surface area contributed by atoms with Crippen molar-refractivity contribution < 1.29 is 62.1 Å². The van der Waals surface area contributed by atoms with E-state index < -0.39 is 45.0 Å². The Balaban J connectivity index is 0.324. The average Bonchev–Trinajstić information content (AvgIpc) is 0.619. The second kappa shape index (κ2) is 18.0. The third-order valence-electron chi connectivity index (χ3n) is 45.9. The predicted octanol–water partition coefficient (Wildman–Crippen LogP) is 7.20. The van der Waals surface area contributed by atoms with E-state index in [1.165, 1.54) is 159 Å². The molecule has 16 nitrogen and oxygen atoms in total. The van der Waals surface area contributed by atoms with Gasteiger partial charge in [0.05, 0.1) is 56.3 Å². The Hall–Kier alpha value is -0.300. The SMILES string of the molecule is NCCCCCC(=O)N1CC(OP(=O)(O)OC[C@@H]2C[C@@H](O)CN2C(=O)CCCS)C[C@H]1COP(=O)(S)OC[C@H]1[C@@H](O)[C@@H]2[C@H]1[C@H]1[C@@H]2[C@@H]2[C@H]1[C@H]1[C@@H]2[C@@H]2[C@H]1[C@H]1[C@@H]2[C@@H]2[C@H]1[C@H]1[C@@H]2[C@@H]2[C@H]1[C@H]1[C@@H]2[C@@H]2[C@H]1[C@@H]1[C@@H]3[C@@H]4[C@@H]5[C@@H]6[C@@H]7[C@@H]8[C@@H]9[C@@H]%10[C@@H]%11[C@@H]%12C%13[C@H]([C@@H]%14[C@H]%13[C@@H]%13[C@@H]%15[C@@H]%16[C@@H]%17[C@H](O)[C@H](CO)[C@@H]%17[C@@H]%16[C@@H]%15[C@H]%14%13)[C@@H]%12[C@@H]%11[C@@H]%10[C@@H]9[C@@H]8[C@@H]7[C@@H]6[C@@H]5[C@@H]4[C@@H]3[C@@H]12. The fourth-order valence-electron chi connectivity index (χ4n) is 45.0. The minimum Gasteiger partial charge on any atom is -0.396 e. The van der Waals surface area contributed by atoms with E-state index >= 15 is 0 Å². The van der Waals surface area contributed by atoms with Gasteiger partial charge in [0.2, 0.25) is 11.8 Å². The van der Waals surface area contributed by atoms with Gasteiger partial charge < -0.3 is 45.4 Å². The van der Waals surface area contributed by atoms with Crippen molar-refractivity contribution in [2.45, 2.75) is 87.9 Å². The number of carbonyl (C=O) groups is 2. The van der Waals surface area contributed by atoms with Crippen LogP contribution in [0.4, 0.5) is 0 Å². The van der Waals surface area contributed by atoms with Crippen molar-refractivity contribution in [2.24, 2.45) is 349 Å². The van der Waals surface area contributed by atoms with Gasteiger partial charge in [-0.1, -0.05) is 18.7 Å². The maximum atomic E-state index is 14.1. The maximum Gasteiger partial charge on any atom is 0.472 e. The number of fused-ring (bicyclic) bond motifs is 82. The van der Waals surface area contributed by atoms with Crippen molar-refractivity contribution >= 4 is 51.3 Å². The molecule has 548 valence electrons. The molecule has 29 aliphatic carbocycles. The lowest BCUT2D eigenvalue weighted by Crippen LogP contribution is -2.99. The average molecular weight is 1470 g/mol. The summed E-state index contributed by atoms with van der Waals surface area (Å²) in [5, 5.41) is 43.2. The van der Waals surface area contributed by atoms with Gasteiger partial charge in [-0.25, -0.2) is 9.13 Å². The zero-order chi connectivity index (χ0) is 66.4. The molecule has 2 aliphatic heterocycles. The molecule has 31 aliphatic rings. The summed E-state index contributed by atoms with van der Waals surface area (Å²) in [5.41, 5.74) is 5.73. The molecule has 31 fully saturated rings. The van der Waals surface area contributed by atoms with Crippen LogP contribution in [0, 0.1) is 343 Å². The van der Waals surface area contributed by atoms with Crippen molar-refractivity contribution in [3.05, 3.63) is 0 Å². The number of hydrogen-bond donors (Lipinski definition) is 8. The lowest BCUT2D eigenvalue weighted by Gasteiger charge is -3.02. The highest BCUT2D eigenvalue weighted by molar-refractivity contribution is 8.44. The van der Waals surface area contributed by atoms with Crippen LogP contribution in [0.5, 0.6) is 0 Å². The zero-order valence-corrected chi connectivity index (χ0v) is 61.6. The van der Waals surface area contributed by atoms with Crippen LogP contribution in [0.25, 0.3) is 0 Å². The summed E-state index contributed by atoms with van der Waals surface area (Å²) in [7, 11) is -4.68. The number of aliphatic hydroxyl groups is 4. The van der Waals surface area contributed by atoms with E-state index in [-0.39, 0.29) is 95.0 Å². The number of phosphoric acid groups is 1. The molecular weight excluding hydrogens is 1360 g/mol. The van der Waals surface area contributed by atoms with Gasteiger partial charge in [0.15, 0.2) is 0 Å². The molecule has 2 amide bonds. The number of β-amino-alcohol motifs (C(OH)–C–C–N with tert-alkyl or cyclic N) is 1. The first-order chi connectivity index (χ1) is 49.7. The number of nitrogens with two attached hydrogens (primary N) is 1. The molecule has 0 bridgehead atoms. The molecule has 0 radical (unpaired) electrons. The van der Waals surface area contributed by atoms with E-state index in [2.05, 4.69) is 24.9 Å². The normalized spacial score (nSPS) is 73.8. The van der Waals surface area contributed by atoms with E-state index in [0.29, 0.717) is 60.6 Å². The van der Waals surface area contributed by atoms with Crippen LogP contribution < -0.4 is 5.73 Å². The van der Waals surface area contributed by atoms with Gasteiger partial charge >= 0.3 is 14.6 Å². The first kappa shape index (κ1) is 59.5. The van der Waals surface area contributed by atoms with Gasteiger partial charge in [0.1, 0.15) is 0 Å². The van der Waals surface area contributed by atoms with Crippen LogP contribution >= 0.6 is 39.5 Å². The molecule has 0 aromatic rings. The summed E-state index contributed by atoms with van der Waals surface area (Å²) in [6.45, 7) is -3.40. The van der Waals surface area contributed by atoms with Gasteiger partial charge in [0.25, 0.3) is 0 Å². The molecule has 66 atom stereocenters. The highest BCUT2D eigenvalue weighted by Gasteiger charge is 3.01. The van der Waals surface area contributed by atoms with Crippen molar-refractivity contribution in [3.63, 3.8) is 0 Å². The molecule has 0 spiro atoms. The number of unbranched alkanes of at least 4 members (excludes halogenated alkanes) is 2.